The lowest BCUT2D eigenvalue weighted by molar-refractivity contribution is -0.00455. The summed E-state index contributed by atoms with van der Waals surface area (Å²) >= 11 is 6.27. The van der Waals surface area contributed by atoms with Crippen LogP contribution in [0.2, 0.25) is 5.02 Å². The molecule has 3 aromatic carbocycles. The zero-order valence-corrected chi connectivity index (χ0v) is 18.0. The third kappa shape index (κ3) is 3.55. The highest BCUT2D eigenvalue weighted by atomic mass is 35.5. The number of aryl methyl sites for hydroxylation is 1. The van der Waals surface area contributed by atoms with Crippen molar-refractivity contribution >= 4 is 23.1 Å². The smallest absolute Gasteiger partial charge is 0.251 e. The lowest BCUT2D eigenvalue weighted by atomic mass is 9.95. The molecule has 2 heterocycles. The number of halogens is 1. The van der Waals surface area contributed by atoms with Crippen LogP contribution in [0.3, 0.4) is 0 Å². The highest BCUT2D eigenvalue weighted by Gasteiger charge is 2.43. The van der Waals surface area contributed by atoms with Gasteiger partial charge in [0.05, 0.1) is 18.9 Å². The number of carbonyl (C=O) groups excluding carboxylic acids is 1. The second kappa shape index (κ2) is 7.75. The molecular weight excluding hydrogens is 412 g/mol. The molecule has 0 saturated heterocycles. The van der Waals surface area contributed by atoms with Gasteiger partial charge in [0.25, 0.3) is 6.23 Å². The van der Waals surface area contributed by atoms with Crippen LogP contribution in [-0.4, -0.2) is 29.8 Å². The molecular formula is C25H21ClN2O3. The van der Waals surface area contributed by atoms with Gasteiger partial charge in [-0.2, -0.15) is 5.10 Å². The van der Waals surface area contributed by atoms with Crippen LogP contribution >= 0.6 is 11.6 Å². The molecule has 3 aromatic rings. The van der Waals surface area contributed by atoms with Crippen molar-refractivity contribution in [2.75, 3.05) is 7.11 Å². The van der Waals surface area contributed by atoms with Crippen LogP contribution in [0.1, 0.15) is 39.5 Å². The van der Waals surface area contributed by atoms with E-state index in [4.69, 9.17) is 26.2 Å². The Morgan fingerprint density at radius 2 is 1.84 bits per heavy atom. The average molecular weight is 433 g/mol. The Bertz CT molecular complexity index is 1170. The van der Waals surface area contributed by atoms with Gasteiger partial charge in [0, 0.05) is 22.6 Å². The molecule has 2 atom stereocenters. The first kappa shape index (κ1) is 19.6. The number of ketones is 1. The molecule has 6 heteroatoms. The molecule has 0 bridgehead atoms. The van der Waals surface area contributed by atoms with Crippen LogP contribution in [0.4, 0.5) is 0 Å². The van der Waals surface area contributed by atoms with E-state index < -0.39 is 6.23 Å². The van der Waals surface area contributed by atoms with Gasteiger partial charge < -0.3 is 9.47 Å². The van der Waals surface area contributed by atoms with Crippen molar-refractivity contribution in [2.24, 2.45) is 5.10 Å². The molecule has 5 nitrogen and oxygen atoms in total. The molecule has 0 aromatic heterocycles. The van der Waals surface area contributed by atoms with E-state index in [1.807, 2.05) is 67.6 Å². The summed E-state index contributed by atoms with van der Waals surface area (Å²) in [7, 11) is 1.64. The fourth-order valence-corrected chi connectivity index (χ4v) is 4.23. The number of ether oxygens (including phenoxy) is 2. The summed E-state index contributed by atoms with van der Waals surface area (Å²) in [5, 5.41) is 7.24. The summed E-state index contributed by atoms with van der Waals surface area (Å²) < 4.78 is 11.4. The van der Waals surface area contributed by atoms with E-state index in [9.17, 15) is 4.79 Å². The van der Waals surface area contributed by atoms with Gasteiger partial charge in [-0.25, -0.2) is 5.01 Å². The summed E-state index contributed by atoms with van der Waals surface area (Å²) in [6.45, 7) is 1.99. The molecule has 0 amide bonds. The zero-order chi connectivity index (χ0) is 21.5. The first-order valence-corrected chi connectivity index (χ1v) is 10.5. The van der Waals surface area contributed by atoms with Crippen molar-refractivity contribution < 1.29 is 14.3 Å². The number of carbonyl (C=O) groups is 1. The molecule has 0 fully saturated rings. The highest BCUT2D eigenvalue weighted by Crippen LogP contribution is 2.44. The number of Topliss-reactive ketones (excluding diaryl/α,β-unsaturated/α-hetero) is 1. The fourth-order valence-electron chi connectivity index (χ4n) is 4.05. The lowest BCUT2D eigenvalue weighted by Crippen LogP contribution is -2.45. The molecule has 0 spiro atoms. The van der Waals surface area contributed by atoms with Crippen molar-refractivity contribution in [1.29, 1.82) is 0 Å². The van der Waals surface area contributed by atoms with Crippen LogP contribution in [0.25, 0.3) is 0 Å². The first-order chi connectivity index (χ1) is 15.0. The van der Waals surface area contributed by atoms with E-state index in [-0.39, 0.29) is 11.8 Å². The Balaban J connectivity index is 1.55. The fraction of sp³-hybridized carbons (Fsp3) is 0.200. The quantitative estimate of drug-likeness (QED) is 0.517. The summed E-state index contributed by atoms with van der Waals surface area (Å²) in [4.78, 5) is 13.4. The van der Waals surface area contributed by atoms with Gasteiger partial charge in [0.15, 0.2) is 0 Å². The van der Waals surface area contributed by atoms with E-state index in [1.54, 1.807) is 18.2 Å². The molecule has 0 saturated carbocycles. The monoisotopic (exact) mass is 432 g/mol. The maximum Gasteiger partial charge on any atom is 0.251 e. The second-order valence-electron chi connectivity index (χ2n) is 7.76. The molecule has 2 aliphatic rings. The number of rotatable bonds is 4. The second-order valence-corrected chi connectivity index (χ2v) is 8.19. The van der Waals surface area contributed by atoms with E-state index in [1.165, 1.54) is 0 Å². The number of benzene rings is 3. The van der Waals surface area contributed by atoms with Gasteiger partial charge in [-0.1, -0.05) is 41.4 Å². The van der Waals surface area contributed by atoms with Gasteiger partial charge in [-0.3, -0.25) is 4.79 Å². The topological polar surface area (TPSA) is 51.1 Å². The predicted molar refractivity (Wildman–Crippen MR) is 120 cm³/mol. The van der Waals surface area contributed by atoms with Gasteiger partial charge in [-0.15, -0.1) is 0 Å². The maximum atomic E-state index is 13.4. The Morgan fingerprint density at radius 3 is 2.55 bits per heavy atom. The minimum atomic E-state index is -0.836. The summed E-state index contributed by atoms with van der Waals surface area (Å²) in [5.74, 6) is 1.33. The zero-order valence-electron chi connectivity index (χ0n) is 17.2. The number of methoxy groups -OCH3 is 1. The highest BCUT2D eigenvalue weighted by molar-refractivity contribution is 6.30. The maximum absolute atomic E-state index is 13.4. The minimum Gasteiger partial charge on any atom is -0.497 e. The Hall–Kier alpha value is -3.31. The molecule has 0 radical (unpaired) electrons. The average Bonchev–Trinajstić information content (AvgIpc) is 3.24. The Morgan fingerprint density at radius 1 is 1.10 bits per heavy atom. The minimum absolute atomic E-state index is 0.120. The Kier molecular flexibility index (Phi) is 4.91. The van der Waals surface area contributed by atoms with Gasteiger partial charge in [-0.05, 0) is 55.0 Å². The van der Waals surface area contributed by atoms with E-state index in [0.29, 0.717) is 22.8 Å². The Labute approximate surface area is 185 Å². The molecule has 0 aliphatic carbocycles. The van der Waals surface area contributed by atoms with E-state index in [0.717, 1.165) is 28.2 Å². The summed E-state index contributed by atoms with van der Waals surface area (Å²) in [5.41, 5.74) is 4.51. The third-order valence-corrected chi connectivity index (χ3v) is 5.97. The van der Waals surface area contributed by atoms with Crippen LogP contribution < -0.4 is 9.47 Å². The largest absolute Gasteiger partial charge is 0.497 e. The molecule has 0 unspecified atom stereocenters. The van der Waals surface area contributed by atoms with E-state index in [2.05, 4.69) is 0 Å². The number of hydrazone groups is 1. The molecule has 31 heavy (non-hydrogen) atoms. The normalized spacial score (nSPS) is 19.2. The van der Waals surface area contributed by atoms with Crippen molar-refractivity contribution in [3.63, 3.8) is 0 Å². The summed E-state index contributed by atoms with van der Waals surface area (Å²) in [6.07, 6.45) is -0.183. The van der Waals surface area contributed by atoms with Gasteiger partial charge >= 0.3 is 0 Å². The number of hydrogen-bond acceptors (Lipinski definition) is 5. The van der Waals surface area contributed by atoms with Gasteiger partial charge in [0.2, 0.25) is 5.78 Å². The molecule has 5 rings (SSSR count). The van der Waals surface area contributed by atoms with E-state index >= 15 is 0 Å². The summed E-state index contributed by atoms with van der Waals surface area (Å²) in [6, 6.07) is 20.7. The predicted octanol–water partition coefficient (Wildman–Crippen LogP) is 5.41. The van der Waals surface area contributed by atoms with Crippen LogP contribution in [0.5, 0.6) is 11.5 Å². The number of fused-ring (bicyclic) bond motifs is 3. The lowest BCUT2D eigenvalue weighted by Gasteiger charge is -2.37. The molecule has 2 aliphatic heterocycles. The standard InChI is InChI=1S/C25H21ClN2O3/c1-15-3-5-17(6-4-15)24(29)25-28-22(20-13-18(26)9-12-23(20)31-25)14-21(27-28)16-7-10-19(30-2)11-8-16/h3-13,22,25H,14H2,1-2H3/t22-,25+/m0/s1. The first-order valence-electron chi connectivity index (χ1n) is 10.1. The third-order valence-electron chi connectivity index (χ3n) is 5.74. The molecule has 156 valence electrons. The number of hydrogen-bond donors (Lipinski definition) is 0. The van der Waals surface area contributed by atoms with Crippen molar-refractivity contribution in [3.8, 4) is 11.5 Å². The van der Waals surface area contributed by atoms with Crippen molar-refractivity contribution in [3.05, 3.63) is 94.0 Å². The van der Waals surface area contributed by atoms with Crippen LogP contribution in [0, 0.1) is 6.92 Å². The molecule has 0 N–H and O–H groups in total. The van der Waals surface area contributed by atoms with Crippen molar-refractivity contribution in [1.82, 2.24) is 5.01 Å². The number of nitrogens with zero attached hydrogens (tertiary/aromatic N) is 2. The van der Waals surface area contributed by atoms with Crippen LogP contribution in [-0.2, 0) is 0 Å². The SMILES string of the molecule is COc1ccc(C2=NN3[C@@H](C(=O)c4ccc(C)cc4)Oc4ccc(Cl)cc4[C@@H]3C2)cc1. The van der Waals surface area contributed by atoms with Gasteiger partial charge in [0.1, 0.15) is 11.5 Å². The van der Waals surface area contributed by atoms with Crippen molar-refractivity contribution in [2.45, 2.75) is 25.6 Å². The van der Waals surface area contributed by atoms with Crippen LogP contribution in [0.15, 0.2) is 71.8 Å².